The molecule has 3 nitrogen and oxygen atoms in total. The van der Waals surface area contributed by atoms with Crippen LogP contribution >= 0.6 is 0 Å². The van der Waals surface area contributed by atoms with Crippen LogP contribution in [0.25, 0.3) is 0 Å². The van der Waals surface area contributed by atoms with Crippen LogP contribution in [0.15, 0.2) is 12.1 Å². The Labute approximate surface area is 131 Å². The summed E-state index contributed by atoms with van der Waals surface area (Å²) in [5.74, 6) is -1.66. The molecule has 1 heterocycles. The third-order valence-corrected chi connectivity index (χ3v) is 4.11. The van der Waals surface area contributed by atoms with Crippen LogP contribution in [0.1, 0.15) is 41.5 Å². The molecule has 0 radical (unpaired) electrons. The summed E-state index contributed by atoms with van der Waals surface area (Å²) in [4.78, 5) is 0. The Balaban J connectivity index is 2.24. The number of benzene rings is 1. The van der Waals surface area contributed by atoms with Crippen LogP contribution in [0.4, 0.5) is 8.78 Å². The lowest BCUT2D eigenvalue weighted by molar-refractivity contribution is 0.00578. The maximum atomic E-state index is 14.1. The van der Waals surface area contributed by atoms with Gasteiger partial charge in [-0.3, -0.25) is 0 Å². The summed E-state index contributed by atoms with van der Waals surface area (Å²) in [7, 11) is -0.798. The summed E-state index contributed by atoms with van der Waals surface area (Å²) in [6.07, 6.45) is 0. The summed E-state index contributed by atoms with van der Waals surface area (Å²) < 4.78 is 45.0. The van der Waals surface area contributed by atoms with Crippen molar-refractivity contribution >= 4 is 12.6 Å². The molecule has 22 heavy (non-hydrogen) atoms. The molecule has 0 atom stereocenters. The minimum absolute atomic E-state index is 0.182. The summed E-state index contributed by atoms with van der Waals surface area (Å²) in [5, 5.41) is 0. The summed E-state index contributed by atoms with van der Waals surface area (Å²) in [5.41, 5.74) is -0.806. The predicted molar refractivity (Wildman–Crippen MR) is 82.4 cm³/mol. The van der Waals surface area contributed by atoms with Crippen molar-refractivity contribution in [3.8, 4) is 5.75 Å². The molecule has 1 fully saturated rings. The van der Waals surface area contributed by atoms with Gasteiger partial charge in [0, 0.05) is 0 Å². The van der Waals surface area contributed by atoms with Gasteiger partial charge >= 0.3 is 7.12 Å². The van der Waals surface area contributed by atoms with Crippen LogP contribution < -0.4 is 10.2 Å². The lowest BCUT2D eigenvalue weighted by Gasteiger charge is -2.32. The van der Waals surface area contributed by atoms with Crippen LogP contribution in [0.5, 0.6) is 5.75 Å². The molecule has 0 aromatic heterocycles. The van der Waals surface area contributed by atoms with Crippen molar-refractivity contribution in [1.29, 1.82) is 0 Å². The van der Waals surface area contributed by atoms with E-state index in [1.54, 1.807) is 0 Å². The van der Waals surface area contributed by atoms with E-state index >= 15 is 0 Å². The van der Waals surface area contributed by atoms with Gasteiger partial charge in [0.2, 0.25) is 0 Å². The van der Waals surface area contributed by atoms with Crippen LogP contribution in [0.3, 0.4) is 0 Å². The number of hydrogen-bond donors (Lipinski definition) is 0. The van der Waals surface area contributed by atoms with Gasteiger partial charge in [-0.05, 0) is 51.2 Å². The fourth-order valence-corrected chi connectivity index (χ4v) is 2.08. The standard InChI is InChI=1S/C16H23BF2O3/c1-10(2)9-20-14-12(18)7-11(8-13(14)19)17-21-15(3,4)16(5,6)22-17/h7-8,10H,9H2,1-6H3. The number of ether oxygens (including phenoxy) is 1. The smallest absolute Gasteiger partial charge is 0.487 e. The zero-order valence-corrected chi connectivity index (χ0v) is 14.0. The minimum Gasteiger partial charge on any atom is -0.487 e. The Kier molecular flexibility index (Phi) is 4.55. The number of hydrogen-bond acceptors (Lipinski definition) is 3. The van der Waals surface area contributed by atoms with Crippen LogP contribution in [0.2, 0.25) is 0 Å². The molecule has 1 aromatic carbocycles. The second-order valence-electron chi connectivity index (χ2n) is 7.11. The molecule has 0 aliphatic carbocycles. The van der Waals surface area contributed by atoms with E-state index in [0.29, 0.717) is 5.46 Å². The molecular weight excluding hydrogens is 289 g/mol. The largest absolute Gasteiger partial charge is 0.495 e. The fraction of sp³-hybridized carbons (Fsp3) is 0.625. The zero-order valence-electron chi connectivity index (χ0n) is 14.0. The molecule has 0 unspecified atom stereocenters. The third-order valence-electron chi connectivity index (χ3n) is 4.11. The molecule has 6 heteroatoms. The highest BCUT2D eigenvalue weighted by Gasteiger charge is 2.52. The number of rotatable bonds is 4. The molecule has 0 amide bonds. The van der Waals surface area contributed by atoms with Crippen molar-refractivity contribution in [2.45, 2.75) is 52.7 Å². The van der Waals surface area contributed by atoms with E-state index < -0.39 is 30.0 Å². The molecule has 1 aliphatic rings. The Morgan fingerprint density at radius 1 is 1.05 bits per heavy atom. The van der Waals surface area contributed by atoms with Gasteiger partial charge < -0.3 is 14.0 Å². The lowest BCUT2D eigenvalue weighted by Crippen LogP contribution is -2.41. The highest BCUT2D eigenvalue weighted by molar-refractivity contribution is 6.62. The predicted octanol–water partition coefficient (Wildman–Crippen LogP) is 3.30. The second-order valence-corrected chi connectivity index (χ2v) is 7.11. The van der Waals surface area contributed by atoms with Crippen molar-refractivity contribution in [1.82, 2.24) is 0 Å². The van der Waals surface area contributed by atoms with Gasteiger partial charge in [0.15, 0.2) is 17.4 Å². The Hall–Kier alpha value is -1.14. The molecule has 1 saturated heterocycles. The first-order chi connectivity index (χ1) is 10.0. The first-order valence-corrected chi connectivity index (χ1v) is 7.51. The molecule has 122 valence electrons. The molecule has 0 spiro atoms. The lowest BCUT2D eigenvalue weighted by atomic mass is 9.79. The Bertz CT molecular complexity index is 519. The summed E-state index contributed by atoms with van der Waals surface area (Å²) in [6.45, 7) is 11.6. The van der Waals surface area contributed by atoms with Gasteiger partial charge in [-0.15, -0.1) is 0 Å². The van der Waals surface area contributed by atoms with Gasteiger partial charge in [0.1, 0.15) is 0 Å². The molecule has 2 rings (SSSR count). The molecular formula is C16H23BF2O3. The average Bonchev–Trinajstić information content (AvgIpc) is 2.57. The Morgan fingerprint density at radius 2 is 1.50 bits per heavy atom. The first-order valence-electron chi connectivity index (χ1n) is 7.51. The molecule has 0 saturated carbocycles. The molecule has 1 aliphatic heterocycles. The Morgan fingerprint density at radius 3 is 1.91 bits per heavy atom. The van der Waals surface area contributed by atoms with E-state index in [4.69, 9.17) is 14.0 Å². The van der Waals surface area contributed by atoms with Crippen molar-refractivity contribution in [3.05, 3.63) is 23.8 Å². The minimum atomic E-state index is -0.798. The maximum absolute atomic E-state index is 14.1. The van der Waals surface area contributed by atoms with Crippen molar-refractivity contribution in [3.63, 3.8) is 0 Å². The molecule has 0 bridgehead atoms. The monoisotopic (exact) mass is 312 g/mol. The summed E-state index contributed by atoms with van der Waals surface area (Å²) in [6, 6.07) is 2.42. The maximum Gasteiger partial charge on any atom is 0.495 e. The topological polar surface area (TPSA) is 27.7 Å². The van der Waals surface area contributed by atoms with Crippen molar-refractivity contribution in [2.75, 3.05) is 6.61 Å². The van der Waals surface area contributed by atoms with Crippen LogP contribution in [-0.2, 0) is 9.31 Å². The van der Waals surface area contributed by atoms with E-state index in [-0.39, 0.29) is 18.3 Å². The summed E-state index contributed by atoms with van der Waals surface area (Å²) >= 11 is 0. The average molecular weight is 312 g/mol. The SMILES string of the molecule is CC(C)COc1c(F)cc(B2OC(C)(C)C(C)(C)O2)cc1F. The van der Waals surface area contributed by atoms with E-state index in [9.17, 15) is 8.78 Å². The second kappa shape index (κ2) is 5.82. The van der Waals surface area contributed by atoms with E-state index in [0.717, 1.165) is 0 Å². The van der Waals surface area contributed by atoms with Gasteiger partial charge in [-0.2, -0.15) is 0 Å². The van der Waals surface area contributed by atoms with Crippen LogP contribution in [-0.4, -0.2) is 24.9 Å². The van der Waals surface area contributed by atoms with E-state index in [1.807, 2.05) is 41.5 Å². The van der Waals surface area contributed by atoms with Gasteiger partial charge in [0.05, 0.1) is 17.8 Å². The van der Waals surface area contributed by atoms with E-state index in [1.165, 1.54) is 12.1 Å². The normalized spacial score (nSPS) is 19.8. The van der Waals surface area contributed by atoms with Crippen LogP contribution in [0, 0.1) is 17.6 Å². The van der Waals surface area contributed by atoms with Gasteiger partial charge in [-0.1, -0.05) is 13.8 Å². The highest BCUT2D eigenvalue weighted by atomic mass is 19.1. The third kappa shape index (κ3) is 3.28. The van der Waals surface area contributed by atoms with Crippen molar-refractivity contribution in [2.24, 2.45) is 5.92 Å². The molecule has 1 aromatic rings. The number of halogens is 2. The zero-order chi connectivity index (χ0) is 16.7. The van der Waals surface area contributed by atoms with Gasteiger partial charge in [0.25, 0.3) is 0 Å². The fourth-order valence-electron chi connectivity index (χ4n) is 2.08. The van der Waals surface area contributed by atoms with Crippen molar-refractivity contribution < 1.29 is 22.8 Å². The van der Waals surface area contributed by atoms with Gasteiger partial charge in [-0.25, -0.2) is 8.78 Å². The van der Waals surface area contributed by atoms with E-state index in [2.05, 4.69) is 0 Å². The quantitative estimate of drug-likeness (QED) is 0.799. The highest BCUT2D eigenvalue weighted by Crippen LogP contribution is 2.36. The molecule has 0 N–H and O–H groups in total. The first kappa shape index (κ1) is 17.2.